The smallest absolute Gasteiger partial charge is 0.321 e. The first-order valence-electron chi connectivity index (χ1n) is 9.05. The van der Waals surface area contributed by atoms with Crippen LogP contribution in [-0.2, 0) is 20.7 Å². The molecule has 0 aliphatic heterocycles. The number of nitrogens with zero attached hydrogens (tertiary/aromatic N) is 1. The van der Waals surface area contributed by atoms with Gasteiger partial charge in [0.1, 0.15) is 5.01 Å². The van der Waals surface area contributed by atoms with Gasteiger partial charge < -0.3 is 10.1 Å². The molecule has 0 bridgehead atoms. The fourth-order valence-corrected chi connectivity index (χ4v) is 3.16. The monoisotopic (exact) mass is 403 g/mol. The predicted molar refractivity (Wildman–Crippen MR) is 108 cm³/mol. The van der Waals surface area contributed by atoms with Gasteiger partial charge in [0.05, 0.1) is 12.1 Å². The Morgan fingerprint density at radius 1 is 1.11 bits per heavy atom. The maximum atomic E-state index is 11.9. The summed E-state index contributed by atoms with van der Waals surface area (Å²) in [6, 6.07) is 7.46. The van der Waals surface area contributed by atoms with Crippen molar-refractivity contribution >= 4 is 29.2 Å². The number of carbonyl (C=O) groups is 3. The molecule has 0 atom stereocenters. The van der Waals surface area contributed by atoms with Crippen LogP contribution >= 0.6 is 11.3 Å². The number of ether oxygens (including phenoxy) is 1. The minimum Gasteiger partial charge on any atom is -0.455 e. The summed E-state index contributed by atoms with van der Waals surface area (Å²) in [4.78, 5) is 39.4. The largest absolute Gasteiger partial charge is 0.455 e. The normalized spacial score (nSPS) is 10.8. The van der Waals surface area contributed by atoms with Crippen molar-refractivity contribution in [1.82, 2.24) is 15.6 Å². The minimum atomic E-state index is -0.685. The predicted octanol–water partition coefficient (Wildman–Crippen LogP) is 3.25. The standard InChI is InChI=1S/C20H25N3O4S/c1-12(2)14-5-7-15(8-6-14)19-22-16(11-28-19)9-18(25)27-10-17(24)23-20(26)21-13(3)4/h5-8,11-13H,9-10H2,1-4H3,(H2,21,23,24,26). The van der Waals surface area contributed by atoms with Crippen molar-refractivity contribution in [3.8, 4) is 10.6 Å². The van der Waals surface area contributed by atoms with E-state index in [0.29, 0.717) is 11.6 Å². The molecule has 0 fully saturated rings. The molecule has 2 N–H and O–H groups in total. The molecule has 0 radical (unpaired) electrons. The molecule has 0 saturated heterocycles. The first-order valence-corrected chi connectivity index (χ1v) is 9.93. The van der Waals surface area contributed by atoms with E-state index in [0.717, 1.165) is 10.6 Å². The quantitative estimate of drug-likeness (QED) is 0.692. The van der Waals surface area contributed by atoms with Gasteiger partial charge in [-0.3, -0.25) is 14.9 Å². The highest BCUT2D eigenvalue weighted by molar-refractivity contribution is 7.13. The fourth-order valence-electron chi connectivity index (χ4n) is 2.34. The first kappa shape index (κ1) is 21.6. The maximum Gasteiger partial charge on any atom is 0.321 e. The number of hydrogen-bond donors (Lipinski definition) is 2. The Morgan fingerprint density at radius 2 is 1.79 bits per heavy atom. The maximum absolute atomic E-state index is 11.9. The van der Waals surface area contributed by atoms with Crippen molar-refractivity contribution in [2.24, 2.45) is 0 Å². The van der Waals surface area contributed by atoms with E-state index in [1.807, 2.05) is 12.1 Å². The van der Waals surface area contributed by atoms with Crippen molar-refractivity contribution in [3.05, 3.63) is 40.9 Å². The van der Waals surface area contributed by atoms with Gasteiger partial charge in [-0.25, -0.2) is 9.78 Å². The lowest BCUT2D eigenvalue weighted by Gasteiger charge is -2.09. The van der Waals surface area contributed by atoms with E-state index in [2.05, 4.69) is 41.6 Å². The third kappa shape index (κ3) is 6.77. The lowest BCUT2D eigenvalue weighted by molar-refractivity contribution is -0.147. The third-order valence-corrected chi connectivity index (χ3v) is 4.68. The lowest BCUT2D eigenvalue weighted by Crippen LogP contribution is -2.44. The van der Waals surface area contributed by atoms with Gasteiger partial charge in [-0.15, -0.1) is 11.3 Å². The first-order chi connectivity index (χ1) is 13.2. The van der Waals surface area contributed by atoms with Crippen LogP contribution in [0, 0.1) is 0 Å². The average molecular weight is 404 g/mol. The Hall–Kier alpha value is -2.74. The molecular formula is C20H25N3O4S. The van der Waals surface area contributed by atoms with E-state index in [1.54, 1.807) is 19.2 Å². The number of hydrogen-bond acceptors (Lipinski definition) is 6. The van der Waals surface area contributed by atoms with E-state index >= 15 is 0 Å². The summed E-state index contributed by atoms with van der Waals surface area (Å²) < 4.78 is 4.90. The van der Waals surface area contributed by atoms with Crippen LogP contribution < -0.4 is 10.6 Å². The van der Waals surface area contributed by atoms with E-state index in [9.17, 15) is 14.4 Å². The fraction of sp³-hybridized carbons (Fsp3) is 0.400. The lowest BCUT2D eigenvalue weighted by atomic mass is 10.0. The Balaban J connectivity index is 1.83. The summed E-state index contributed by atoms with van der Waals surface area (Å²) in [6.45, 7) is 7.30. The zero-order chi connectivity index (χ0) is 20.7. The minimum absolute atomic E-state index is 0.0357. The zero-order valence-electron chi connectivity index (χ0n) is 16.4. The van der Waals surface area contributed by atoms with Gasteiger partial charge in [0.15, 0.2) is 6.61 Å². The number of imide groups is 1. The molecule has 7 nitrogen and oxygen atoms in total. The van der Waals surface area contributed by atoms with Crippen LogP contribution in [-0.4, -0.2) is 35.5 Å². The summed E-state index contributed by atoms with van der Waals surface area (Å²) >= 11 is 1.45. The molecule has 0 unspecified atom stereocenters. The van der Waals surface area contributed by atoms with Crippen LogP contribution in [0.5, 0.6) is 0 Å². The highest BCUT2D eigenvalue weighted by Gasteiger charge is 2.14. The number of urea groups is 1. The van der Waals surface area contributed by atoms with Crippen LogP contribution in [0.25, 0.3) is 10.6 Å². The molecule has 0 aliphatic carbocycles. The Morgan fingerprint density at radius 3 is 2.39 bits per heavy atom. The van der Waals surface area contributed by atoms with E-state index in [1.165, 1.54) is 16.9 Å². The molecule has 2 aromatic rings. The number of nitrogens with one attached hydrogen (secondary N) is 2. The Bertz CT molecular complexity index is 828. The summed E-state index contributed by atoms with van der Waals surface area (Å²) in [5.74, 6) is -0.800. The summed E-state index contributed by atoms with van der Waals surface area (Å²) in [6.07, 6.45) is -0.0357. The van der Waals surface area contributed by atoms with Crippen LogP contribution in [0.1, 0.15) is 44.9 Å². The highest BCUT2D eigenvalue weighted by Crippen LogP contribution is 2.26. The summed E-state index contributed by atoms with van der Waals surface area (Å²) in [5.41, 5.74) is 2.82. The second kappa shape index (κ2) is 9.98. The Kier molecular flexibility index (Phi) is 7.69. The molecule has 2 rings (SSSR count). The topological polar surface area (TPSA) is 97.4 Å². The van der Waals surface area contributed by atoms with Crippen LogP contribution in [0.4, 0.5) is 4.79 Å². The average Bonchev–Trinajstić information content (AvgIpc) is 3.07. The number of rotatable bonds is 7. The number of benzene rings is 1. The molecule has 1 heterocycles. The number of aromatic nitrogens is 1. The SMILES string of the molecule is CC(C)NC(=O)NC(=O)COC(=O)Cc1csc(-c2ccc(C(C)C)cc2)n1. The van der Waals surface area contributed by atoms with Gasteiger partial charge in [0, 0.05) is 17.0 Å². The molecule has 3 amide bonds. The molecule has 1 aromatic carbocycles. The molecule has 150 valence electrons. The van der Waals surface area contributed by atoms with Crippen LogP contribution in [0.15, 0.2) is 29.6 Å². The van der Waals surface area contributed by atoms with Crippen LogP contribution in [0.2, 0.25) is 0 Å². The van der Waals surface area contributed by atoms with Crippen molar-refractivity contribution in [1.29, 1.82) is 0 Å². The molecule has 8 heteroatoms. The number of carbonyl (C=O) groups excluding carboxylic acids is 3. The molecule has 28 heavy (non-hydrogen) atoms. The van der Waals surface area contributed by atoms with Crippen molar-refractivity contribution in [3.63, 3.8) is 0 Å². The number of esters is 1. The van der Waals surface area contributed by atoms with Crippen molar-refractivity contribution in [2.75, 3.05) is 6.61 Å². The van der Waals surface area contributed by atoms with Gasteiger partial charge in [-0.05, 0) is 25.3 Å². The van der Waals surface area contributed by atoms with Gasteiger partial charge in [-0.2, -0.15) is 0 Å². The van der Waals surface area contributed by atoms with Gasteiger partial charge >= 0.3 is 12.0 Å². The molecule has 0 spiro atoms. The number of thiazole rings is 1. The summed E-state index contributed by atoms with van der Waals surface area (Å²) in [5, 5.41) is 7.21. The number of amides is 3. The van der Waals surface area contributed by atoms with E-state index < -0.39 is 24.5 Å². The Labute approximate surface area is 168 Å². The van der Waals surface area contributed by atoms with Crippen LogP contribution in [0.3, 0.4) is 0 Å². The molecule has 1 aromatic heterocycles. The van der Waals surface area contributed by atoms with Crippen molar-refractivity contribution in [2.45, 2.75) is 46.1 Å². The summed E-state index contributed by atoms with van der Waals surface area (Å²) in [7, 11) is 0. The molecule has 0 aliphatic rings. The van der Waals surface area contributed by atoms with Gasteiger partial charge in [0.2, 0.25) is 0 Å². The third-order valence-electron chi connectivity index (χ3n) is 3.74. The van der Waals surface area contributed by atoms with E-state index in [4.69, 9.17) is 4.74 Å². The van der Waals surface area contributed by atoms with E-state index in [-0.39, 0.29) is 12.5 Å². The van der Waals surface area contributed by atoms with Gasteiger partial charge in [0.25, 0.3) is 5.91 Å². The highest BCUT2D eigenvalue weighted by atomic mass is 32.1. The molecular weight excluding hydrogens is 378 g/mol. The van der Waals surface area contributed by atoms with Gasteiger partial charge in [-0.1, -0.05) is 38.1 Å². The second-order valence-electron chi connectivity index (χ2n) is 6.93. The second-order valence-corrected chi connectivity index (χ2v) is 7.79. The van der Waals surface area contributed by atoms with Crippen molar-refractivity contribution < 1.29 is 19.1 Å². The molecule has 0 saturated carbocycles. The zero-order valence-corrected chi connectivity index (χ0v) is 17.3.